The standard InChI is InChI=1S/C20H30N4O3/c1-15(21-2)19(26)23-17-10-6-7-13-24(20(17)27)14-18(25)22-12-11-16-8-4-3-5-9-16/h3-5,8-9,15,17,21H,6-7,10-14H2,1-2H3,(H,22,25)(H,23,26)/t15-,17-/m0/s1. The molecule has 1 saturated heterocycles. The number of likely N-dealkylation sites (tertiary alicyclic amines) is 1. The van der Waals surface area contributed by atoms with E-state index >= 15 is 0 Å². The maximum atomic E-state index is 12.7. The average Bonchev–Trinajstić information content (AvgIpc) is 2.84. The molecule has 0 spiro atoms. The van der Waals surface area contributed by atoms with Crippen molar-refractivity contribution in [1.29, 1.82) is 0 Å². The SMILES string of the molecule is CN[C@@H](C)C(=O)N[C@H]1CCCCN(CC(=O)NCCc2ccccc2)C1=O. The Balaban J connectivity index is 1.83. The first kappa shape index (κ1) is 20.9. The molecule has 0 radical (unpaired) electrons. The Labute approximate surface area is 160 Å². The number of hydrogen-bond donors (Lipinski definition) is 3. The summed E-state index contributed by atoms with van der Waals surface area (Å²) < 4.78 is 0. The first-order valence-electron chi connectivity index (χ1n) is 9.58. The molecule has 1 aliphatic rings. The van der Waals surface area contributed by atoms with Gasteiger partial charge in [0.2, 0.25) is 17.7 Å². The van der Waals surface area contributed by atoms with Crippen LogP contribution in [0.25, 0.3) is 0 Å². The maximum absolute atomic E-state index is 12.7. The molecular weight excluding hydrogens is 344 g/mol. The second-order valence-corrected chi connectivity index (χ2v) is 6.91. The second kappa shape index (κ2) is 10.7. The normalized spacial score (nSPS) is 18.5. The number of nitrogens with zero attached hydrogens (tertiary/aromatic N) is 1. The second-order valence-electron chi connectivity index (χ2n) is 6.91. The third-order valence-electron chi connectivity index (χ3n) is 4.84. The number of nitrogens with one attached hydrogen (secondary N) is 3. The lowest BCUT2D eigenvalue weighted by Crippen LogP contribution is -2.53. The predicted octanol–water partition coefficient (Wildman–Crippen LogP) is 0.451. The van der Waals surface area contributed by atoms with E-state index in [1.165, 1.54) is 0 Å². The monoisotopic (exact) mass is 374 g/mol. The van der Waals surface area contributed by atoms with E-state index in [4.69, 9.17) is 0 Å². The van der Waals surface area contributed by atoms with Gasteiger partial charge in [-0.3, -0.25) is 14.4 Å². The highest BCUT2D eigenvalue weighted by Gasteiger charge is 2.30. The summed E-state index contributed by atoms with van der Waals surface area (Å²) in [6.45, 7) is 2.85. The van der Waals surface area contributed by atoms with E-state index in [1.54, 1.807) is 18.9 Å². The van der Waals surface area contributed by atoms with Crippen LogP contribution in [0.1, 0.15) is 31.7 Å². The van der Waals surface area contributed by atoms with Crippen LogP contribution in [0.4, 0.5) is 0 Å². The zero-order valence-electron chi connectivity index (χ0n) is 16.2. The molecule has 148 valence electrons. The van der Waals surface area contributed by atoms with Gasteiger partial charge in [0.05, 0.1) is 12.6 Å². The number of benzene rings is 1. The van der Waals surface area contributed by atoms with E-state index in [9.17, 15) is 14.4 Å². The lowest BCUT2D eigenvalue weighted by atomic mass is 10.1. The van der Waals surface area contributed by atoms with Crippen LogP contribution in [-0.4, -0.2) is 61.4 Å². The summed E-state index contributed by atoms with van der Waals surface area (Å²) >= 11 is 0. The van der Waals surface area contributed by atoms with Gasteiger partial charge in [-0.2, -0.15) is 0 Å². The summed E-state index contributed by atoms with van der Waals surface area (Å²) in [5.74, 6) is -0.553. The van der Waals surface area contributed by atoms with Gasteiger partial charge < -0.3 is 20.9 Å². The number of amides is 3. The van der Waals surface area contributed by atoms with Crippen molar-refractivity contribution >= 4 is 17.7 Å². The minimum atomic E-state index is -0.562. The van der Waals surface area contributed by atoms with Gasteiger partial charge in [0.1, 0.15) is 6.04 Å². The summed E-state index contributed by atoms with van der Waals surface area (Å²) in [5.41, 5.74) is 1.16. The van der Waals surface area contributed by atoms with Crippen LogP contribution >= 0.6 is 0 Å². The maximum Gasteiger partial charge on any atom is 0.245 e. The van der Waals surface area contributed by atoms with E-state index in [1.807, 2.05) is 30.3 Å². The molecule has 0 aliphatic carbocycles. The van der Waals surface area contributed by atoms with Gasteiger partial charge in [-0.1, -0.05) is 30.3 Å². The summed E-state index contributed by atoms with van der Waals surface area (Å²) in [4.78, 5) is 38.6. The molecule has 3 N–H and O–H groups in total. The zero-order chi connectivity index (χ0) is 19.6. The smallest absolute Gasteiger partial charge is 0.245 e. The van der Waals surface area contributed by atoms with Gasteiger partial charge in [0.25, 0.3) is 0 Å². The molecule has 1 heterocycles. The van der Waals surface area contributed by atoms with E-state index in [0.717, 1.165) is 24.8 Å². The van der Waals surface area contributed by atoms with Gasteiger partial charge in [0, 0.05) is 13.1 Å². The van der Waals surface area contributed by atoms with Gasteiger partial charge in [-0.15, -0.1) is 0 Å². The first-order chi connectivity index (χ1) is 13.0. The molecule has 7 nitrogen and oxygen atoms in total. The molecule has 1 aromatic carbocycles. The first-order valence-corrected chi connectivity index (χ1v) is 9.58. The molecule has 0 unspecified atom stereocenters. The van der Waals surface area contributed by atoms with Crippen molar-refractivity contribution in [1.82, 2.24) is 20.9 Å². The number of carbonyl (C=O) groups is 3. The predicted molar refractivity (Wildman–Crippen MR) is 104 cm³/mol. The van der Waals surface area contributed by atoms with Crippen molar-refractivity contribution in [3.63, 3.8) is 0 Å². The lowest BCUT2D eigenvalue weighted by Gasteiger charge is -2.25. The topological polar surface area (TPSA) is 90.5 Å². The molecule has 2 atom stereocenters. The Bertz CT molecular complexity index is 635. The van der Waals surface area contributed by atoms with Crippen molar-refractivity contribution in [3.05, 3.63) is 35.9 Å². The lowest BCUT2D eigenvalue weighted by molar-refractivity contribution is -0.139. The fraction of sp³-hybridized carbons (Fsp3) is 0.550. The summed E-state index contributed by atoms with van der Waals surface area (Å²) in [6, 6.07) is 9.00. The molecule has 1 fully saturated rings. The summed E-state index contributed by atoms with van der Waals surface area (Å²) in [7, 11) is 1.70. The van der Waals surface area contributed by atoms with Crippen LogP contribution in [0, 0.1) is 0 Å². The van der Waals surface area contributed by atoms with Gasteiger partial charge in [-0.05, 0) is 45.2 Å². The van der Waals surface area contributed by atoms with Crippen LogP contribution in [0.2, 0.25) is 0 Å². The fourth-order valence-electron chi connectivity index (χ4n) is 3.04. The molecule has 27 heavy (non-hydrogen) atoms. The minimum Gasteiger partial charge on any atom is -0.354 e. The number of likely N-dealkylation sites (N-methyl/N-ethyl adjacent to an activating group) is 1. The van der Waals surface area contributed by atoms with Gasteiger partial charge in [-0.25, -0.2) is 0 Å². The molecule has 0 saturated carbocycles. The Morgan fingerprint density at radius 3 is 2.67 bits per heavy atom. The highest BCUT2D eigenvalue weighted by molar-refractivity contribution is 5.91. The van der Waals surface area contributed by atoms with Crippen molar-refractivity contribution in [3.8, 4) is 0 Å². The highest BCUT2D eigenvalue weighted by Crippen LogP contribution is 2.12. The molecule has 2 rings (SSSR count). The van der Waals surface area contributed by atoms with Crippen LogP contribution in [-0.2, 0) is 20.8 Å². The van der Waals surface area contributed by atoms with E-state index in [0.29, 0.717) is 19.5 Å². The van der Waals surface area contributed by atoms with Crippen molar-refractivity contribution in [2.24, 2.45) is 0 Å². The third-order valence-corrected chi connectivity index (χ3v) is 4.84. The van der Waals surface area contributed by atoms with Crippen molar-refractivity contribution in [2.75, 3.05) is 26.7 Å². The van der Waals surface area contributed by atoms with Crippen LogP contribution < -0.4 is 16.0 Å². The largest absolute Gasteiger partial charge is 0.354 e. The number of hydrogen-bond acceptors (Lipinski definition) is 4. The number of carbonyl (C=O) groups excluding carboxylic acids is 3. The van der Waals surface area contributed by atoms with E-state index < -0.39 is 6.04 Å². The quantitative estimate of drug-likeness (QED) is 0.616. The fourth-order valence-corrected chi connectivity index (χ4v) is 3.04. The number of rotatable bonds is 8. The molecule has 1 aromatic rings. The Morgan fingerprint density at radius 1 is 1.22 bits per heavy atom. The highest BCUT2D eigenvalue weighted by atomic mass is 16.2. The van der Waals surface area contributed by atoms with Crippen LogP contribution in [0.15, 0.2) is 30.3 Å². The average molecular weight is 374 g/mol. The van der Waals surface area contributed by atoms with E-state index in [2.05, 4.69) is 16.0 Å². The molecule has 1 aliphatic heterocycles. The molecule has 7 heteroatoms. The summed E-state index contributed by atoms with van der Waals surface area (Å²) in [5, 5.41) is 8.54. The Kier molecular flexibility index (Phi) is 8.26. The van der Waals surface area contributed by atoms with Gasteiger partial charge in [0.15, 0.2) is 0 Å². The molecular formula is C20H30N4O3. The minimum absolute atomic E-state index is 0.0293. The van der Waals surface area contributed by atoms with Crippen LogP contribution in [0.5, 0.6) is 0 Å². The van der Waals surface area contributed by atoms with Gasteiger partial charge >= 0.3 is 0 Å². The van der Waals surface area contributed by atoms with Crippen molar-refractivity contribution < 1.29 is 14.4 Å². The third kappa shape index (κ3) is 6.67. The Hall–Kier alpha value is -2.41. The summed E-state index contributed by atoms with van der Waals surface area (Å²) in [6.07, 6.45) is 3.03. The molecule has 0 bridgehead atoms. The van der Waals surface area contributed by atoms with Crippen molar-refractivity contribution in [2.45, 2.75) is 44.7 Å². The van der Waals surface area contributed by atoms with Crippen LogP contribution in [0.3, 0.4) is 0 Å². The molecule has 3 amide bonds. The zero-order valence-corrected chi connectivity index (χ0v) is 16.2. The molecule has 0 aromatic heterocycles. The van der Waals surface area contributed by atoms with E-state index in [-0.39, 0.29) is 30.3 Å². The Morgan fingerprint density at radius 2 is 1.96 bits per heavy atom.